The first kappa shape index (κ1) is 15.4. The van der Waals surface area contributed by atoms with Gasteiger partial charge in [0, 0.05) is 30.7 Å². The first-order valence-corrected chi connectivity index (χ1v) is 8.04. The van der Waals surface area contributed by atoms with Crippen LogP contribution < -0.4 is 0 Å². The van der Waals surface area contributed by atoms with Gasteiger partial charge in [0.05, 0.1) is 30.0 Å². The summed E-state index contributed by atoms with van der Waals surface area (Å²) < 4.78 is 41.9. The third-order valence-corrected chi connectivity index (χ3v) is 5.05. The zero-order chi connectivity index (χ0) is 16.9. The fourth-order valence-corrected chi connectivity index (χ4v) is 3.73. The zero-order valence-electron chi connectivity index (χ0n) is 12.9. The molecule has 2 aromatic heterocycles. The van der Waals surface area contributed by atoms with Gasteiger partial charge >= 0.3 is 0 Å². The summed E-state index contributed by atoms with van der Waals surface area (Å²) in [5.41, 5.74) is 2.08. The van der Waals surface area contributed by atoms with Crippen molar-refractivity contribution in [2.24, 2.45) is 5.92 Å². The third-order valence-electron chi connectivity index (χ3n) is 5.05. The molecule has 1 saturated carbocycles. The summed E-state index contributed by atoms with van der Waals surface area (Å²) in [7, 11) is 0. The molecule has 0 bridgehead atoms. The Balaban J connectivity index is 1.57. The lowest BCUT2D eigenvalue weighted by Crippen LogP contribution is -2.29. The molecule has 24 heavy (non-hydrogen) atoms. The van der Waals surface area contributed by atoms with Gasteiger partial charge in [-0.2, -0.15) is 4.39 Å². The van der Waals surface area contributed by atoms with Gasteiger partial charge in [-0.15, -0.1) is 0 Å². The van der Waals surface area contributed by atoms with Crippen LogP contribution in [-0.4, -0.2) is 26.2 Å². The minimum Gasteiger partial charge on any atom is -0.321 e. The monoisotopic (exact) mass is 335 g/mol. The molecular formula is C17H16F3N3O. The minimum atomic E-state index is -2.65. The zero-order valence-corrected chi connectivity index (χ0v) is 12.9. The maximum absolute atomic E-state index is 13.5. The van der Waals surface area contributed by atoms with Crippen LogP contribution in [-0.2, 0) is 4.79 Å². The van der Waals surface area contributed by atoms with Crippen LogP contribution in [0.4, 0.5) is 13.2 Å². The first-order chi connectivity index (χ1) is 11.4. The Hall–Kier alpha value is -2.18. The van der Waals surface area contributed by atoms with E-state index in [1.54, 1.807) is 18.6 Å². The van der Waals surface area contributed by atoms with Crippen LogP contribution in [0.25, 0.3) is 11.3 Å². The number of imidazole rings is 1. The topological polar surface area (TPSA) is 47.8 Å². The summed E-state index contributed by atoms with van der Waals surface area (Å²) in [4.78, 5) is 20.6. The van der Waals surface area contributed by atoms with E-state index in [1.165, 1.54) is 6.07 Å². The number of Topliss-reactive ketones (excluding diaryl/α,β-unsaturated/α-hetero) is 1. The number of hydrogen-bond donors (Lipinski definition) is 0. The maximum atomic E-state index is 13.5. The number of carbonyl (C=O) groups excluding carboxylic acids is 1. The molecular weight excluding hydrogens is 319 g/mol. The van der Waals surface area contributed by atoms with Crippen molar-refractivity contribution in [3.05, 3.63) is 36.3 Å². The number of rotatable bonds is 3. The summed E-state index contributed by atoms with van der Waals surface area (Å²) >= 11 is 0. The van der Waals surface area contributed by atoms with Gasteiger partial charge in [0.1, 0.15) is 5.78 Å². The molecule has 1 unspecified atom stereocenters. The fraction of sp³-hybridized carbons (Fsp3) is 0.471. The number of pyridine rings is 1. The Morgan fingerprint density at radius 2 is 2.04 bits per heavy atom. The molecule has 1 aliphatic carbocycles. The second kappa shape index (κ2) is 5.43. The molecule has 1 atom stereocenters. The van der Waals surface area contributed by atoms with Gasteiger partial charge in [0.2, 0.25) is 11.9 Å². The van der Waals surface area contributed by atoms with Crippen molar-refractivity contribution in [3.63, 3.8) is 0 Å². The normalized spacial score (nSPS) is 22.2. The van der Waals surface area contributed by atoms with Crippen LogP contribution in [0.5, 0.6) is 0 Å². The standard InChI is InChI=1S/C17H16F3N3O/c18-15-2-1-11-13-8-21-9-23(13)12(16(11)22-15)7-14(24)10-3-5-17(19,20)6-4-10/h1-2,8-10,12H,3-7H2. The lowest BCUT2D eigenvalue weighted by Gasteiger charge is -2.28. The molecule has 1 fully saturated rings. The molecule has 3 heterocycles. The molecule has 0 saturated heterocycles. The van der Waals surface area contributed by atoms with Crippen molar-refractivity contribution in [2.75, 3.05) is 0 Å². The molecule has 0 radical (unpaired) electrons. The largest absolute Gasteiger partial charge is 0.321 e. The highest BCUT2D eigenvalue weighted by molar-refractivity contribution is 5.83. The SMILES string of the molecule is O=C(CC1c2nc(F)ccc2-c2cncn21)C1CCC(F)(F)CC1. The van der Waals surface area contributed by atoms with Gasteiger partial charge in [-0.25, -0.2) is 18.7 Å². The fourth-order valence-electron chi connectivity index (χ4n) is 3.73. The lowest BCUT2D eigenvalue weighted by atomic mass is 9.82. The number of hydrogen-bond acceptors (Lipinski definition) is 3. The van der Waals surface area contributed by atoms with E-state index in [0.717, 1.165) is 11.3 Å². The van der Waals surface area contributed by atoms with Crippen LogP contribution in [0.2, 0.25) is 0 Å². The lowest BCUT2D eigenvalue weighted by molar-refractivity contribution is -0.127. The molecule has 1 aliphatic heterocycles. The maximum Gasteiger partial charge on any atom is 0.248 e. The molecule has 0 amide bonds. The van der Waals surface area contributed by atoms with Crippen molar-refractivity contribution in [3.8, 4) is 11.3 Å². The summed E-state index contributed by atoms with van der Waals surface area (Å²) in [6.45, 7) is 0. The Morgan fingerprint density at radius 3 is 2.79 bits per heavy atom. The van der Waals surface area contributed by atoms with Gasteiger partial charge in [-0.05, 0) is 25.0 Å². The number of carbonyl (C=O) groups is 1. The Bertz CT molecular complexity index is 792. The highest BCUT2D eigenvalue weighted by Gasteiger charge is 2.39. The second-order valence-electron chi connectivity index (χ2n) is 6.57. The van der Waals surface area contributed by atoms with E-state index in [-0.39, 0.29) is 43.8 Å². The van der Waals surface area contributed by atoms with E-state index in [9.17, 15) is 18.0 Å². The van der Waals surface area contributed by atoms with E-state index in [4.69, 9.17) is 0 Å². The summed E-state index contributed by atoms with van der Waals surface area (Å²) in [6.07, 6.45) is 3.31. The Kier molecular flexibility index (Phi) is 3.47. The van der Waals surface area contributed by atoms with Gasteiger partial charge in [0.25, 0.3) is 0 Å². The van der Waals surface area contributed by atoms with E-state index >= 15 is 0 Å². The Labute approximate surface area is 136 Å². The predicted octanol–water partition coefficient (Wildman–Crippen LogP) is 3.77. The highest BCUT2D eigenvalue weighted by Crippen LogP contribution is 2.42. The van der Waals surface area contributed by atoms with Crippen LogP contribution in [0.3, 0.4) is 0 Å². The molecule has 7 heteroatoms. The van der Waals surface area contributed by atoms with Crippen LogP contribution in [0.1, 0.15) is 43.8 Å². The van der Waals surface area contributed by atoms with E-state index < -0.39 is 17.9 Å². The van der Waals surface area contributed by atoms with E-state index in [0.29, 0.717) is 5.69 Å². The average molecular weight is 335 g/mol. The van der Waals surface area contributed by atoms with Gasteiger partial charge in [-0.3, -0.25) is 4.79 Å². The molecule has 4 nitrogen and oxygen atoms in total. The third kappa shape index (κ3) is 2.52. The van der Waals surface area contributed by atoms with Crippen LogP contribution in [0.15, 0.2) is 24.7 Å². The molecule has 126 valence electrons. The first-order valence-electron chi connectivity index (χ1n) is 8.04. The van der Waals surface area contributed by atoms with Gasteiger partial charge in [-0.1, -0.05) is 0 Å². The number of ketones is 1. The summed E-state index contributed by atoms with van der Waals surface area (Å²) in [6, 6.07) is 2.50. The Morgan fingerprint density at radius 1 is 1.29 bits per heavy atom. The van der Waals surface area contributed by atoms with Gasteiger partial charge in [0.15, 0.2) is 0 Å². The molecule has 2 aromatic rings. The van der Waals surface area contributed by atoms with Crippen molar-refractivity contribution < 1.29 is 18.0 Å². The van der Waals surface area contributed by atoms with Crippen molar-refractivity contribution in [1.82, 2.24) is 14.5 Å². The quantitative estimate of drug-likeness (QED) is 0.802. The van der Waals surface area contributed by atoms with Crippen molar-refractivity contribution >= 4 is 5.78 Å². The number of fused-ring (bicyclic) bond motifs is 3. The van der Waals surface area contributed by atoms with Crippen molar-refractivity contribution in [1.29, 1.82) is 0 Å². The minimum absolute atomic E-state index is 0.0611. The molecule has 0 N–H and O–H groups in total. The van der Waals surface area contributed by atoms with Gasteiger partial charge < -0.3 is 4.57 Å². The number of nitrogens with zero attached hydrogens (tertiary/aromatic N) is 3. The van der Waals surface area contributed by atoms with E-state index in [2.05, 4.69) is 9.97 Å². The molecule has 2 aliphatic rings. The van der Waals surface area contributed by atoms with Crippen LogP contribution in [0, 0.1) is 11.9 Å². The molecule has 0 spiro atoms. The number of aromatic nitrogens is 3. The summed E-state index contributed by atoms with van der Waals surface area (Å²) in [5, 5.41) is 0. The number of alkyl halides is 2. The second-order valence-corrected chi connectivity index (χ2v) is 6.57. The van der Waals surface area contributed by atoms with E-state index in [1.807, 2.05) is 4.57 Å². The summed E-state index contributed by atoms with van der Waals surface area (Å²) in [5.74, 6) is -3.66. The highest BCUT2D eigenvalue weighted by atomic mass is 19.3. The smallest absolute Gasteiger partial charge is 0.248 e. The number of halogens is 3. The predicted molar refractivity (Wildman–Crippen MR) is 80.1 cm³/mol. The van der Waals surface area contributed by atoms with Crippen molar-refractivity contribution in [2.45, 2.75) is 44.1 Å². The molecule has 4 rings (SSSR count). The average Bonchev–Trinajstić information content (AvgIpc) is 3.10. The van der Waals surface area contributed by atoms with Crippen LogP contribution >= 0.6 is 0 Å². The molecule has 0 aromatic carbocycles.